The van der Waals surface area contributed by atoms with Crippen molar-refractivity contribution in [1.29, 1.82) is 0 Å². The molecule has 3 rings (SSSR count). The van der Waals surface area contributed by atoms with E-state index in [0.717, 1.165) is 10.6 Å². The molecule has 4 N–H and O–H groups in total. The first-order valence-electron chi connectivity index (χ1n) is 8.82. The summed E-state index contributed by atoms with van der Waals surface area (Å²) < 4.78 is 43.7. The van der Waals surface area contributed by atoms with Crippen molar-refractivity contribution in [2.45, 2.75) is 25.6 Å². The Morgan fingerprint density at radius 1 is 1.14 bits per heavy atom. The lowest BCUT2D eigenvalue weighted by Gasteiger charge is -2.43. The zero-order valence-corrected chi connectivity index (χ0v) is 15.8. The van der Waals surface area contributed by atoms with E-state index in [9.17, 15) is 18.0 Å². The Hall–Kier alpha value is -2.82. The summed E-state index contributed by atoms with van der Waals surface area (Å²) in [5, 5.41) is 0.727. The number of ether oxygens (including phenoxy) is 1. The highest BCUT2D eigenvalue weighted by Gasteiger charge is 2.45. The molecule has 0 saturated heterocycles. The van der Waals surface area contributed by atoms with Gasteiger partial charge < -0.3 is 15.3 Å². The van der Waals surface area contributed by atoms with Gasteiger partial charge in [-0.15, -0.1) is 0 Å². The van der Waals surface area contributed by atoms with Crippen molar-refractivity contribution < 1.29 is 27.5 Å². The molecule has 0 bridgehead atoms. The molecular formula is C19H21F3N4O3. The normalized spacial score (nSPS) is 19.6. The van der Waals surface area contributed by atoms with Gasteiger partial charge in [0, 0.05) is 5.56 Å². The summed E-state index contributed by atoms with van der Waals surface area (Å²) in [4.78, 5) is 17.4. The Bertz CT molecular complexity index is 907. The van der Waals surface area contributed by atoms with Crippen molar-refractivity contribution in [2.24, 2.45) is 11.5 Å². The second-order valence-electron chi connectivity index (χ2n) is 6.46. The molecule has 10 heteroatoms. The van der Waals surface area contributed by atoms with Gasteiger partial charge in [-0.05, 0) is 43.3 Å². The van der Waals surface area contributed by atoms with E-state index in [1.54, 1.807) is 36.4 Å². The third-order valence-electron chi connectivity index (χ3n) is 4.57. The van der Waals surface area contributed by atoms with Gasteiger partial charge in [-0.1, -0.05) is 24.3 Å². The third kappa shape index (κ3) is 4.14. The number of nitrogens with zero attached hydrogens (tertiary/aromatic N) is 2. The van der Waals surface area contributed by atoms with Crippen molar-refractivity contribution in [1.82, 2.24) is 4.90 Å². The Balaban J connectivity index is 2.05. The molecule has 0 aliphatic carbocycles. The van der Waals surface area contributed by atoms with Crippen molar-refractivity contribution in [3.63, 3.8) is 0 Å². The zero-order chi connectivity index (χ0) is 21.3. The fourth-order valence-electron chi connectivity index (χ4n) is 3.03. The minimum Gasteiger partial charge on any atom is -0.494 e. The summed E-state index contributed by atoms with van der Waals surface area (Å²) in [7, 11) is 1.52. The van der Waals surface area contributed by atoms with Crippen LogP contribution in [-0.4, -0.2) is 37.0 Å². The fourth-order valence-corrected chi connectivity index (χ4v) is 3.03. The highest BCUT2D eigenvalue weighted by atomic mass is 19.4. The molecule has 0 saturated carbocycles. The van der Waals surface area contributed by atoms with Crippen LogP contribution in [0.4, 0.5) is 18.9 Å². The van der Waals surface area contributed by atoms with Gasteiger partial charge in [0.15, 0.2) is 6.29 Å². The van der Waals surface area contributed by atoms with Crippen molar-refractivity contribution in [3.8, 4) is 16.9 Å². The molecule has 2 aromatic carbocycles. The Morgan fingerprint density at radius 3 is 2.48 bits per heavy atom. The summed E-state index contributed by atoms with van der Waals surface area (Å²) in [5.74, 6) is -1.72. The molecule has 1 heterocycles. The summed E-state index contributed by atoms with van der Waals surface area (Å²) >= 11 is 0. The van der Waals surface area contributed by atoms with E-state index in [2.05, 4.69) is 4.84 Å². The van der Waals surface area contributed by atoms with E-state index in [-0.39, 0.29) is 5.69 Å². The minimum atomic E-state index is -5.17. The highest BCUT2D eigenvalue weighted by Crippen LogP contribution is 2.38. The number of alkyl halides is 3. The zero-order valence-electron chi connectivity index (χ0n) is 15.8. The van der Waals surface area contributed by atoms with Crippen LogP contribution in [0.5, 0.6) is 5.75 Å². The Morgan fingerprint density at radius 2 is 1.83 bits per heavy atom. The number of anilines is 1. The number of hydroxylamine groups is 1. The summed E-state index contributed by atoms with van der Waals surface area (Å²) in [6.07, 6.45) is -7.06. The minimum absolute atomic E-state index is 0.181. The molecule has 1 aliphatic heterocycles. The van der Waals surface area contributed by atoms with Gasteiger partial charge >= 0.3 is 12.1 Å². The number of carbonyl (C=O) groups is 1. The average Bonchev–Trinajstić information content (AvgIpc) is 2.68. The lowest BCUT2D eigenvalue weighted by atomic mass is 9.99. The standard InChI is InChI=1S/C19H21F3N4O3/c1-3-28-13-6-4-5-11(9-13)12-7-8-14-15(10-12)26(18(24)25(2)16(14)23)29-17(27)19(20,21)22/h4-10,16,18H,3,23-24H2,1-2H3. The highest BCUT2D eigenvalue weighted by molar-refractivity contribution is 5.78. The van der Waals surface area contributed by atoms with Gasteiger partial charge in [0.1, 0.15) is 5.75 Å². The van der Waals surface area contributed by atoms with Gasteiger partial charge in [0.2, 0.25) is 0 Å². The van der Waals surface area contributed by atoms with Crippen LogP contribution in [0, 0.1) is 0 Å². The molecule has 0 fully saturated rings. The molecule has 29 heavy (non-hydrogen) atoms. The molecular weight excluding hydrogens is 389 g/mol. The van der Waals surface area contributed by atoms with Crippen molar-refractivity contribution in [2.75, 3.05) is 18.7 Å². The largest absolute Gasteiger partial charge is 0.494 e. The van der Waals surface area contributed by atoms with E-state index >= 15 is 0 Å². The monoisotopic (exact) mass is 410 g/mol. The molecule has 0 amide bonds. The van der Waals surface area contributed by atoms with Crippen molar-refractivity contribution in [3.05, 3.63) is 48.0 Å². The lowest BCUT2D eigenvalue weighted by Crippen LogP contribution is -2.60. The van der Waals surface area contributed by atoms with Crippen LogP contribution < -0.4 is 21.3 Å². The molecule has 2 atom stereocenters. The second kappa shape index (κ2) is 7.90. The number of halogens is 3. The quantitative estimate of drug-likeness (QED) is 0.800. The van der Waals surface area contributed by atoms with E-state index in [0.29, 0.717) is 23.5 Å². The van der Waals surface area contributed by atoms with Gasteiger partial charge in [-0.25, -0.2) is 4.79 Å². The first-order chi connectivity index (χ1) is 13.6. The van der Waals surface area contributed by atoms with Crippen molar-refractivity contribution >= 4 is 11.7 Å². The predicted molar refractivity (Wildman–Crippen MR) is 100 cm³/mol. The smallest absolute Gasteiger partial charge is 0.493 e. The lowest BCUT2D eigenvalue weighted by molar-refractivity contribution is -0.204. The molecule has 7 nitrogen and oxygen atoms in total. The fraction of sp³-hybridized carbons (Fsp3) is 0.316. The maximum Gasteiger partial charge on any atom is 0.493 e. The van der Waals surface area contributed by atoms with Crippen LogP contribution in [0.1, 0.15) is 18.7 Å². The van der Waals surface area contributed by atoms with E-state index in [1.165, 1.54) is 11.9 Å². The van der Waals surface area contributed by atoms with Gasteiger partial charge in [-0.2, -0.15) is 18.2 Å². The topological polar surface area (TPSA) is 94.0 Å². The van der Waals surface area contributed by atoms with Gasteiger partial charge in [0.25, 0.3) is 0 Å². The van der Waals surface area contributed by atoms with Gasteiger partial charge in [-0.3, -0.25) is 10.6 Å². The summed E-state index contributed by atoms with van der Waals surface area (Å²) in [6, 6.07) is 12.2. The van der Waals surface area contributed by atoms with Crippen LogP contribution in [0.25, 0.3) is 11.1 Å². The number of hydrogen-bond acceptors (Lipinski definition) is 7. The number of hydrogen-bond donors (Lipinski definition) is 2. The number of carbonyl (C=O) groups excluding carboxylic acids is 1. The summed E-state index contributed by atoms with van der Waals surface area (Å²) in [5.41, 5.74) is 14.2. The molecule has 0 spiro atoms. The maximum atomic E-state index is 12.7. The first kappa shape index (κ1) is 20.9. The number of rotatable bonds is 4. The maximum absolute atomic E-state index is 12.7. The van der Waals surface area contributed by atoms with E-state index < -0.39 is 24.6 Å². The molecule has 0 radical (unpaired) electrons. The van der Waals surface area contributed by atoms with E-state index in [1.807, 2.05) is 13.0 Å². The Labute approximate surface area is 165 Å². The Kier molecular flexibility index (Phi) is 5.69. The number of nitrogens with two attached hydrogens (primary N) is 2. The van der Waals surface area contributed by atoms with E-state index in [4.69, 9.17) is 16.2 Å². The molecule has 1 aliphatic rings. The average molecular weight is 410 g/mol. The second-order valence-corrected chi connectivity index (χ2v) is 6.46. The van der Waals surface area contributed by atoms with Crippen LogP contribution in [0.3, 0.4) is 0 Å². The van der Waals surface area contributed by atoms with Crippen LogP contribution in [-0.2, 0) is 9.63 Å². The van der Waals surface area contributed by atoms with Crippen LogP contribution in [0.2, 0.25) is 0 Å². The SMILES string of the molecule is CCOc1cccc(-c2ccc3c(c2)N(OC(=O)C(F)(F)F)C(N)N(C)C3N)c1. The third-order valence-corrected chi connectivity index (χ3v) is 4.57. The van der Waals surface area contributed by atoms with Gasteiger partial charge in [0.05, 0.1) is 18.5 Å². The summed E-state index contributed by atoms with van der Waals surface area (Å²) in [6.45, 7) is 2.35. The predicted octanol–water partition coefficient (Wildman–Crippen LogP) is 2.72. The number of benzene rings is 2. The van der Waals surface area contributed by atoms with Crippen LogP contribution in [0.15, 0.2) is 42.5 Å². The number of fused-ring (bicyclic) bond motifs is 1. The molecule has 156 valence electrons. The van der Waals surface area contributed by atoms with Crippen LogP contribution >= 0.6 is 0 Å². The molecule has 2 aromatic rings. The molecule has 0 aromatic heterocycles. The first-order valence-corrected chi connectivity index (χ1v) is 8.82. The molecule has 2 unspecified atom stereocenters.